The van der Waals surface area contributed by atoms with Crippen molar-refractivity contribution < 1.29 is 13.9 Å². The maximum absolute atomic E-state index is 13.2. The second-order valence-electron chi connectivity index (χ2n) is 3.37. The number of aromatic nitrogens is 2. The fourth-order valence-electron chi connectivity index (χ4n) is 1.48. The lowest BCUT2D eigenvalue weighted by molar-refractivity contribution is 0.340. The summed E-state index contributed by atoms with van der Waals surface area (Å²) in [4.78, 5) is 0. The normalized spacial score (nSPS) is 10.3. The van der Waals surface area contributed by atoms with Gasteiger partial charge in [-0.25, -0.2) is 9.07 Å². The number of nitrogens with zero attached hydrogens (tertiary/aromatic N) is 2. The Morgan fingerprint density at radius 2 is 2.24 bits per heavy atom. The van der Waals surface area contributed by atoms with E-state index in [4.69, 9.17) is 9.47 Å². The van der Waals surface area contributed by atoms with Crippen LogP contribution in [0.15, 0.2) is 30.6 Å². The molecule has 0 saturated heterocycles. The zero-order chi connectivity index (χ0) is 12.3. The van der Waals surface area contributed by atoms with Crippen LogP contribution in [-0.4, -0.2) is 23.5 Å². The molecule has 0 bridgehead atoms. The van der Waals surface area contributed by atoms with Crippen molar-refractivity contribution in [1.82, 2.24) is 9.78 Å². The molecule has 2 rings (SSSR count). The summed E-state index contributed by atoms with van der Waals surface area (Å²) in [5.41, 5.74) is 0.717. The van der Waals surface area contributed by atoms with Gasteiger partial charge in [0.1, 0.15) is 0 Å². The number of benzene rings is 1. The Morgan fingerprint density at radius 1 is 1.41 bits per heavy atom. The molecule has 0 fully saturated rings. The first-order chi connectivity index (χ1) is 8.24. The smallest absolute Gasteiger partial charge is 0.165 e. The summed E-state index contributed by atoms with van der Waals surface area (Å²) in [6, 6.07) is 4.55. The molecule has 0 atom stereocenters. The molecule has 1 aromatic carbocycles. The van der Waals surface area contributed by atoms with Crippen molar-refractivity contribution in [3.8, 4) is 17.2 Å². The largest absolute Gasteiger partial charge is 0.494 e. The van der Waals surface area contributed by atoms with Crippen LogP contribution < -0.4 is 9.47 Å². The van der Waals surface area contributed by atoms with Crippen LogP contribution in [0.3, 0.4) is 0 Å². The predicted octanol–water partition coefficient (Wildman–Crippen LogP) is 2.42. The highest BCUT2D eigenvalue weighted by Gasteiger charge is 2.06. The Labute approximate surface area is 98.6 Å². The third kappa shape index (κ3) is 2.38. The number of methoxy groups -OCH3 is 1. The molecule has 0 saturated carbocycles. The van der Waals surface area contributed by atoms with Gasteiger partial charge in [0.15, 0.2) is 17.3 Å². The number of rotatable bonds is 4. The van der Waals surface area contributed by atoms with Gasteiger partial charge in [0.25, 0.3) is 0 Å². The Bertz CT molecular complexity index is 511. The standard InChI is InChI=1S/C12H13FN2O2/c1-3-17-10-7-14-15(8-10)9-4-5-11(13)12(6-9)16-2/h4-8H,3H2,1-2H3. The van der Waals surface area contributed by atoms with Gasteiger partial charge >= 0.3 is 0 Å². The van der Waals surface area contributed by atoms with Crippen LogP contribution in [0, 0.1) is 5.82 Å². The minimum Gasteiger partial charge on any atom is -0.494 e. The lowest BCUT2D eigenvalue weighted by Crippen LogP contribution is -1.96. The molecule has 0 radical (unpaired) electrons. The molecule has 5 heteroatoms. The first-order valence-electron chi connectivity index (χ1n) is 5.26. The van der Waals surface area contributed by atoms with Crippen molar-refractivity contribution in [2.24, 2.45) is 0 Å². The van der Waals surface area contributed by atoms with Crippen molar-refractivity contribution in [1.29, 1.82) is 0 Å². The molecule has 0 spiro atoms. The Balaban J connectivity index is 2.32. The number of hydrogen-bond acceptors (Lipinski definition) is 3. The summed E-state index contributed by atoms with van der Waals surface area (Å²) >= 11 is 0. The van der Waals surface area contributed by atoms with Crippen LogP contribution in [0.25, 0.3) is 5.69 Å². The maximum atomic E-state index is 13.2. The van der Waals surface area contributed by atoms with Gasteiger partial charge in [0.05, 0.1) is 31.8 Å². The first kappa shape index (κ1) is 11.4. The highest BCUT2D eigenvalue weighted by Crippen LogP contribution is 2.21. The molecule has 0 aliphatic rings. The van der Waals surface area contributed by atoms with Crippen molar-refractivity contribution in [2.75, 3.05) is 13.7 Å². The monoisotopic (exact) mass is 236 g/mol. The molecule has 90 valence electrons. The van der Waals surface area contributed by atoms with Gasteiger partial charge in [-0.1, -0.05) is 0 Å². The highest BCUT2D eigenvalue weighted by molar-refractivity contribution is 5.40. The zero-order valence-electron chi connectivity index (χ0n) is 9.68. The minimum atomic E-state index is -0.395. The number of ether oxygens (including phenoxy) is 2. The molecule has 4 nitrogen and oxygen atoms in total. The van der Waals surface area contributed by atoms with Gasteiger partial charge in [-0.15, -0.1) is 0 Å². The van der Waals surface area contributed by atoms with E-state index < -0.39 is 5.82 Å². The Morgan fingerprint density at radius 3 is 2.94 bits per heavy atom. The average Bonchev–Trinajstić information content (AvgIpc) is 2.79. The van der Waals surface area contributed by atoms with Crippen LogP contribution in [0.4, 0.5) is 4.39 Å². The van der Waals surface area contributed by atoms with Gasteiger partial charge in [-0.2, -0.15) is 5.10 Å². The molecule has 1 heterocycles. The molecular weight excluding hydrogens is 223 g/mol. The van der Waals surface area contributed by atoms with Crippen LogP contribution in [0.2, 0.25) is 0 Å². The second-order valence-corrected chi connectivity index (χ2v) is 3.37. The van der Waals surface area contributed by atoms with Crippen molar-refractivity contribution in [3.63, 3.8) is 0 Å². The molecule has 0 N–H and O–H groups in total. The third-order valence-electron chi connectivity index (χ3n) is 2.27. The lowest BCUT2D eigenvalue weighted by atomic mass is 10.3. The van der Waals surface area contributed by atoms with Crippen LogP contribution >= 0.6 is 0 Å². The van der Waals surface area contributed by atoms with E-state index in [1.807, 2.05) is 6.92 Å². The summed E-state index contributed by atoms with van der Waals surface area (Å²) in [5, 5.41) is 4.12. The number of halogens is 1. The summed E-state index contributed by atoms with van der Waals surface area (Å²) < 4.78 is 25.1. The fourth-order valence-corrected chi connectivity index (χ4v) is 1.48. The topological polar surface area (TPSA) is 36.3 Å². The average molecular weight is 236 g/mol. The Hall–Kier alpha value is -2.04. The van der Waals surface area contributed by atoms with E-state index in [0.29, 0.717) is 18.0 Å². The maximum Gasteiger partial charge on any atom is 0.165 e. The molecule has 0 aliphatic carbocycles. The van der Waals surface area contributed by atoms with Crippen molar-refractivity contribution >= 4 is 0 Å². The second kappa shape index (κ2) is 4.86. The predicted molar refractivity (Wildman–Crippen MR) is 61.2 cm³/mol. The molecule has 2 aromatic rings. The van der Waals surface area contributed by atoms with Crippen LogP contribution in [-0.2, 0) is 0 Å². The first-order valence-corrected chi connectivity index (χ1v) is 5.26. The van der Waals surface area contributed by atoms with Gasteiger partial charge in [-0.05, 0) is 19.1 Å². The van der Waals surface area contributed by atoms with E-state index in [2.05, 4.69) is 5.10 Å². The van der Waals surface area contributed by atoms with Gasteiger partial charge < -0.3 is 9.47 Å². The lowest BCUT2D eigenvalue weighted by Gasteiger charge is -2.05. The van der Waals surface area contributed by atoms with E-state index in [-0.39, 0.29) is 5.75 Å². The van der Waals surface area contributed by atoms with E-state index in [9.17, 15) is 4.39 Å². The molecule has 1 aromatic heterocycles. The van der Waals surface area contributed by atoms with Crippen molar-refractivity contribution in [3.05, 3.63) is 36.4 Å². The highest BCUT2D eigenvalue weighted by atomic mass is 19.1. The quantitative estimate of drug-likeness (QED) is 0.818. The van der Waals surface area contributed by atoms with E-state index >= 15 is 0 Å². The summed E-state index contributed by atoms with van der Waals surface area (Å²) in [5.74, 6) is 0.472. The fraction of sp³-hybridized carbons (Fsp3) is 0.250. The molecule has 0 aliphatic heterocycles. The zero-order valence-corrected chi connectivity index (χ0v) is 9.68. The third-order valence-corrected chi connectivity index (χ3v) is 2.27. The summed E-state index contributed by atoms with van der Waals surface area (Å²) in [6.07, 6.45) is 3.34. The van der Waals surface area contributed by atoms with E-state index in [1.54, 1.807) is 29.2 Å². The van der Waals surface area contributed by atoms with Gasteiger partial charge in [-0.3, -0.25) is 0 Å². The van der Waals surface area contributed by atoms with E-state index in [1.165, 1.54) is 13.2 Å². The van der Waals surface area contributed by atoms with Gasteiger partial charge in [0, 0.05) is 6.07 Å². The molecule has 17 heavy (non-hydrogen) atoms. The van der Waals surface area contributed by atoms with E-state index in [0.717, 1.165) is 0 Å². The summed E-state index contributed by atoms with van der Waals surface area (Å²) in [6.45, 7) is 2.48. The van der Waals surface area contributed by atoms with Crippen LogP contribution in [0.1, 0.15) is 6.92 Å². The van der Waals surface area contributed by atoms with Crippen molar-refractivity contribution in [2.45, 2.75) is 6.92 Å². The molecule has 0 unspecified atom stereocenters. The SMILES string of the molecule is CCOc1cnn(-c2ccc(F)c(OC)c2)c1. The van der Waals surface area contributed by atoms with Crippen LogP contribution in [0.5, 0.6) is 11.5 Å². The van der Waals surface area contributed by atoms with Gasteiger partial charge in [0.2, 0.25) is 0 Å². The number of hydrogen-bond donors (Lipinski definition) is 0. The Kier molecular flexibility index (Phi) is 3.27. The molecule has 0 amide bonds. The molecular formula is C12H13FN2O2. The minimum absolute atomic E-state index is 0.191. The summed E-state index contributed by atoms with van der Waals surface area (Å²) in [7, 11) is 1.43.